The lowest BCUT2D eigenvalue weighted by atomic mass is 10.0. The van der Waals surface area contributed by atoms with E-state index in [0.29, 0.717) is 5.82 Å². The van der Waals surface area contributed by atoms with E-state index < -0.39 is 0 Å². The Balaban J connectivity index is 1.09. The van der Waals surface area contributed by atoms with E-state index in [1.807, 2.05) is 18.2 Å². The number of nitrogens with zero attached hydrogens (tertiary/aromatic N) is 3. The Labute approximate surface area is 319 Å². The van der Waals surface area contributed by atoms with Crippen molar-refractivity contribution in [1.29, 1.82) is 0 Å². The van der Waals surface area contributed by atoms with Crippen molar-refractivity contribution in [3.05, 3.63) is 176 Å². The van der Waals surface area contributed by atoms with E-state index in [4.69, 9.17) is 14.4 Å². The molecule has 256 valence electrons. The van der Waals surface area contributed by atoms with E-state index in [0.717, 1.165) is 71.1 Å². The molecule has 0 aliphatic carbocycles. The molecule has 0 fully saturated rings. The monoisotopic (exact) mass is 719 g/mol. The fourth-order valence-electron chi connectivity index (χ4n) is 8.52. The van der Waals surface area contributed by atoms with Crippen molar-refractivity contribution in [3.8, 4) is 39.5 Å². The van der Waals surface area contributed by atoms with Crippen LogP contribution in [-0.2, 0) is 0 Å². The number of aromatic nitrogens is 3. The van der Waals surface area contributed by atoms with Gasteiger partial charge in [-0.2, -0.15) is 0 Å². The van der Waals surface area contributed by atoms with Gasteiger partial charge in [0.25, 0.3) is 0 Å². The molecule has 0 unspecified atom stereocenters. The summed E-state index contributed by atoms with van der Waals surface area (Å²) in [6.07, 6.45) is 0. The second-order valence-electron chi connectivity index (χ2n) is 14.1. The van der Waals surface area contributed by atoms with Crippen LogP contribution in [-0.4, -0.2) is 14.5 Å². The van der Waals surface area contributed by atoms with Crippen molar-refractivity contribution in [2.75, 3.05) is 0 Å². The molecule has 12 aromatic rings. The van der Waals surface area contributed by atoms with Crippen LogP contribution >= 0.6 is 11.3 Å². The summed E-state index contributed by atoms with van der Waals surface area (Å²) < 4.78 is 11.4. The lowest BCUT2D eigenvalue weighted by Crippen LogP contribution is -1.94. The first-order chi connectivity index (χ1) is 27.3. The van der Waals surface area contributed by atoms with E-state index >= 15 is 0 Å². The topological polar surface area (TPSA) is 43.9 Å². The van der Waals surface area contributed by atoms with Crippen LogP contribution in [0, 0.1) is 0 Å². The van der Waals surface area contributed by atoms with Gasteiger partial charge in [0, 0.05) is 54.5 Å². The lowest BCUT2D eigenvalue weighted by Gasteiger charge is -2.09. The van der Waals surface area contributed by atoms with Crippen molar-refractivity contribution >= 4 is 86.2 Å². The number of furan rings is 1. The standard InChI is InChI=1S/C50H29N3OS/c1-3-12-30(13-4-1)33-23-26-40-39(28-33)45-35-17-8-7-14-31(35)22-27-41(45)53(40)34-24-25-36-43(29-34)54-42-20-11-19-38(46(36)42)50-51-47(32-15-5-2-6-16-32)49-48(52-50)37-18-9-10-21-44(37)55-49/h1-29H. The van der Waals surface area contributed by atoms with Crippen molar-refractivity contribution in [1.82, 2.24) is 14.5 Å². The van der Waals surface area contributed by atoms with Crippen LogP contribution in [0.2, 0.25) is 0 Å². The van der Waals surface area contributed by atoms with E-state index in [9.17, 15) is 0 Å². The lowest BCUT2D eigenvalue weighted by molar-refractivity contribution is 0.668. The molecule has 0 spiro atoms. The fourth-order valence-corrected chi connectivity index (χ4v) is 9.68. The normalized spacial score (nSPS) is 12.0. The second kappa shape index (κ2) is 11.7. The van der Waals surface area contributed by atoms with Crippen molar-refractivity contribution < 1.29 is 4.42 Å². The highest BCUT2D eigenvalue weighted by molar-refractivity contribution is 7.26. The highest BCUT2D eigenvalue weighted by atomic mass is 32.1. The first-order valence-electron chi connectivity index (χ1n) is 18.5. The largest absolute Gasteiger partial charge is 0.456 e. The Morgan fingerprint density at radius 3 is 2.11 bits per heavy atom. The summed E-state index contributed by atoms with van der Waals surface area (Å²) in [5.41, 5.74) is 11.4. The molecule has 0 saturated heterocycles. The van der Waals surface area contributed by atoms with E-state index in [1.54, 1.807) is 11.3 Å². The number of benzene rings is 8. The minimum atomic E-state index is 0.691. The van der Waals surface area contributed by atoms with E-state index in [-0.39, 0.29) is 0 Å². The number of hydrogen-bond donors (Lipinski definition) is 0. The van der Waals surface area contributed by atoms with Gasteiger partial charge < -0.3 is 8.98 Å². The van der Waals surface area contributed by atoms with Crippen LogP contribution in [0.1, 0.15) is 0 Å². The Morgan fingerprint density at radius 2 is 1.24 bits per heavy atom. The minimum absolute atomic E-state index is 0.691. The Hall–Kier alpha value is -7.08. The molecule has 0 atom stereocenters. The third kappa shape index (κ3) is 4.57. The van der Waals surface area contributed by atoms with Crippen LogP contribution in [0.25, 0.3) is 114 Å². The number of rotatable bonds is 4. The SMILES string of the molecule is c1ccc(-c2ccc3c(c2)c2c4ccccc4ccc2n3-c2ccc3c(c2)oc2cccc(-c4nc(-c5ccccc5)c5sc6ccccc6c5n4)c23)cc1. The molecule has 4 nitrogen and oxygen atoms in total. The van der Waals surface area contributed by atoms with E-state index in [2.05, 4.69) is 162 Å². The van der Waals surface area contributed by atoms with Crippen LogP contribution in [0.5, 0.6) is 0 Å². The molecule has 12 rings (SSSR count). The van der Waals surface area contributed by atoms with Gasteiger partial charge in [0.15, 0.2) is 5.82 Å². The molecular weight excluding hydrogens is 691 g/mol. The summed E-state index contributed by atoms with van der Waals surface area (Å²) in [5, 5.41) is 8.14. The van der Waals surface area contributed by atoms with Crippen molar-refractivity contribution in [3.63, 3.8) is 0 Å². The average Bonchev–Trinajstić information content (AvgIpc) is 3.93. The first-order valence-corrected chi connectivity index (χ1v) is 19.3. The first kappa shape index (κ1) is 30.4. The highest BCUT2D eigenvalue weighted by Crippen LogP contribution is 2.43. The molecule has 0 aliphatic heterocycles. The average molecular weight is 720 g/mol. The summed E-state index contributed by atoms with van der Waals surface area (Å²) in [6.45, 7) is 0. The zero-order valence-electron chi connectivity index (χ0n) is 29.4. The molecule has 55 heavy (non-hydrogen) atoms. The maximum atomic E-state index is 6.72. The van der Waals surface area contributed by atoms with Gasteiger partial charge in [0.2, 0.25) is 0 Å². The molecule has 8 aromatic carbocycles. The predicted molar refractivity (Wildman–Crippen MR) is 230 cm³/mol. The maximum Gasteiger partial charge on any atom is 0.161 e. The molecule has 5 heteroatoms. The third-order valence-corrected chi connectivity index (χ3v) is 12.2. The van der Waals surface area contributed by atoms with E-state index in [1.165, 1.54) is 37.4 Å². The summed E-state index contributed by atoms with van der Waals surface area (Å²) in [5.74, 6) is 0.691. The molecule has 4 aromatic heterocycles. The highest BCUT2D eigenvalue weighted by Gasteiger charge is 2.21. The number of thiophene rings is 1. The van der Waals surface area contributed by atoms with Crippen LogP contribution in [0.15, 0.2) is 180 Å². The van der Waals surface area contributed by atoms with Gasteiger partial charge in [0.1, 0.15) is 11.2 Å². The van der Waals surface area contributed by atoms with Gasteiger partial charge in [-0.1, -0.05) is 127 Å². The maximum absolute atomic E-state index is 6.72. The summed E-state index contributed by atoms with van der Waals surface area (Å²) in [4.78, 5) is 10.6. The van der Waals surface area contributed by atoms with Gasteiger partial charge in [0.05, 0.1) is 26.9 Å². The molecule has 0 N–H and O–H groups in total. The molecule has 4 heterocycles. The number of hydrogen-bond acceptors (Lipinski definition) is 4. The molecule has 0 bridgehead atoms. The summed E-state index contributed by atoms with van der Waals surface area (Å²) in [7, 11) is 0. The smallest absolute Gasteiger partial charge is 0.161 e. The van der Waals surface area contributed by atoms with Gasteiger partial charge in [-0.25, -0.2) is 9.97 Å². The summed E-state index contributed by atoms with van der Waals surface area (Å²) in [6, 6.07) is 62.4. The fraction of sp³-hybridized carbons (Fsp3) is 0. The quantitative estimate of drug-likeness (QED) is 0.182. The summed E-state index contributed by atoms with van der Waals surface area (Å²) >= 11 is 1.75. The van der Waals surface area contributed by atoms with Gasteiger partial charge >= 0.3 is 0 Å². The van der Waals surface area contributed by atoms with Crippen LogP contribution < -0.4 is 0 Å². The molecule has 0 amide bonds. The predicted octanol–water partition coefficient (Wildman–Crippen LogP) is 14.0. The molecule has 0 saturated carbocycles. The van der Waals surface area contributed by atoms with Gasteiger partial charge in [-0.05, 0) is 64.4 Å². The zero-order chi connectivity index (χ0) is 36.0. The van der Waals surface area contributed by atoms with Crippen molar-refractivity contribution in [2.45, 2.75) is 0 Å². The molecular formula is C50H29N3OS. The number of fused-ring (bicyclic) bond motifs is 11. The Kier molecular flexibility index (Phi) is 6.47. The second-order valence-corrected chi connectivity index (χ2v) is 15.2. The van der Waals surface area contributed by atoms with Crippen molar-refractivity contribution in [2.24, 2.45) is 0 Å². The Morgan fingerprint density at radius 1 is 0.473 bits per heavy atom. The molecule has 0 aliphatic rings. The van der Waals surface area contributed by atoms with Crippen LogP contribution in [0.4, 0.5) is 0 Å². The van der Waals surface area contributed by atoms with Gasteiger partial charge in [-0.15, -0.1) is 11.3 Å². The minimum Gasteiger partial charge on any atom is -0.456 e. The zero-order valence-corrected chi connectivity index (χ0v) is 30.2. The van der Waals surface area contributed by atoms with Gasteiger partial charge in [-0.3, -0.25) is 0 Å². The Bertz CT molecular complexity index is 3490. The van der Waals surface area contributed by atoms with Crippen LogP contribution in [0.3, 0.4) is 0 Å². The molecule has 0 radical (unpaired) electrons. The third-order valence-electron chi connectivity index (χ3n) is 11.0.